The van der Waals surface area contributed by atoms with Gasteiger partial charge in [-0.3, -0.25) is 4.79 Å². The first-order valence-corrected chi connectivity index (χ1v) is 10.8. The highest BCUT2D eigenvalue weighted by atomic mass is 19.4. The molecule has 0 heterocycles. The van der Waals surface area contributed by atoms with Gasteiger partial charge in [-0.05, 0) is 32.6 Å². The molecule has 0 radical (unpaired) electrons. The molecule has 22 heteroatoms. The van der Waals surface area contributed by atoms with Crippen molar-refractivity contribution in [2.24, 2.45) is 17.8 Å². The fourth-order valence-corrected chi connectivity index (χ4v) is 4.31. The highest BCUT2D eigenvalue weighted by Crippen LogP contribution is 2.58. The van der Waals surface area contributed by atoms with Crippen LogP contribution in [0.15, 0.2) is 0 Å². The lowest BCUT2D eigenvalue weighted by atomic mass is 9.67. The Morgan fingerprint density at radius 2 is 1.00 bits per heavy atom. The molecule has 0 aromatic rings. The maximum atomic E-state index is 13.9. The average molecular weight is 652 g/mol. The molecule has 1 fully saturated rings. The molecule has 244 valence electrons. The first-order chi connectivity index (χ1) is 17.9. The molecule has 0 aromatic heterocycles. The zero-order valence-corrected chi connectivity index (χ0v) is 19.8. The van der Waals surface area contributed by atoms with Crippen molar-refractivity contribution >= 4 is 5.97 Å². The van der Waals surface area contributed by atoms with Crippen LogP contribution in [-0.4, -0.2) is 72.0 Å². The number of esters is 1. The fraction of sp³-hybridized carbons (Fsp3) is 0.947. The Morgan fingerprint density at radius 3 is 1.29 bits per heavy atom. The third kappa shape index (κ3) is 7.38. The summed E-state index contributed by atoms with van der Waals surface area (Å²) in [5.41, 5.74) is -11.2. The minimum Gasteiger partial charge on any atom is -0.439 e. The maximum absolute atomic E-state index is 13.9. The number of ether oxygens (including phenoxy) is 2. The Hall–Kier alpha value is -1.87. The Bertz CT molecular complexity index is 845. The maximum Gasteiger partial charge on any atom is 0.437 e. The second-order valence-corrected chi connectivity index (χ2v) is 9.16. The quantitative estimate of drug-likeness (QED) is 0.234. The summed E-state index contributed by atoms with van der Waals surface area (Å²) in [6, 6.07) is 0. The Balaban J connectivity index is 3.36. The monoisotopic (exact) mass is 652 g/mol. The van der Waals surface area contributed by atoms with E-state index in [-0.39, 0.29) is 6.92 Å². The van der Waals surface area contributed by atoms with Gasteiger partial charge in [-0.2, -0.15) is 79.0 Å². The molecule has 0 aliphatic heterocycles. The largest absolute Gasteiger partial charge is 0.439 e. The van der Waals surface area contributed by atoms with Gasteiger partial charge in [0, 0.05) is 11.8 Å². The van der Waals surface area contributed by atoms with Gasteiger partial charge in [-0.15, -0.1) is 0 Å². The molecule has 0 spiro atoms. The number of carbonyl (C=O) groups is 1. The van der Waals surface area contributed by atoms with Crippen LogP contribution in [0.2, 0.25) is 0 Å². The molecule has 1 saturated carbocycles. The molecule has 4 nitrogen and oxygen atoms in total. The predicted molar refractivity (Wildman–Crippen MR) is 94.5 cm³/mol. The number of carbonyl (C=O) groups excluding carboxylic acids is 1. The van der Waals surface area contributed by atoms with E-state index < -0.39 is 110 Å². The van der Waals surface area contributed by atoms with Crippen LogP contribution >= 0.6 is 0 Å². The second-order valence-electron chi connectivity index (χ2n) is 9.16. The van der Waals surface area contributed by atoms with Crippen molar-refractivity contribution in [2.75, 3.05) is 6.61 Å². The van der Waals surface area contributed by atoms with Crippen LogP contribution in [-0.2, 0) is 14.3 Å². The standard InChI is InChI=1S/C19H18F18O4/c1-7(6-40-11(14(20,21)22)15(23,24)25)10(38)41-13(18(32,33)34,19(35,36)37)9-4-2-8(3-5-9)12(39,16(26,27)28)17(29,30)31/h7-9,11,39H,2-6H2,1H3. The van der Waals surface area contributed by atoms with E-state index in [9.17, 15) is 88.9 Å². The first-order valence-electron chi connectivity index (χ1n) is 10.8. The minimum atomic E-state index is -6.70. The summed E-state index contributed by atoms with van der Waals surface area (Å²) in [6.45, 7) is -1.85. The number of hydrogen-bond donors (Lipinski definition) is 1. The van der Waals surface area contributed by atoms with Crippen LogP contribution in [0.1, 0.15) is 32.6 Å². The molecule has 0 bridgehead atoms. The fourth-order valence-electron chi connectivity index (χ4n) is 4.31. The molecule has 0 saturated heterocycles. The van der Waals surface area contributed by atoms with Gasteiger partial charge in [0.15, 0.2) is 0 Å². The third-order valence-electron chi connectivity index (χ3n) is 6.37. The van der Waals surface area contributed by atoms with Crippen molar-refractivity contribution in [1.29, 1.82) is 0 Å². The van der Waals surface area contributed by atoms with E-state index in [0.29, 0.717) is 0 Å². The van der Waals surface area contributed by atoms with E-state index in [1.54, 1.807) is 0 Å². The van der Waals surface area contributed by atoms with Crippen molar-refractivity contribution < 1.29 is 98.4 Å². The summed E-state index contributed by atoms with van der Waals surface area (Å²) in [7, 11) is 0. The van der Waals surface area contributed by atoms with Crippen molar-refractivity contribution in [1.82, 2.24) is 0 Å². The van der Waals surface area contributed by atoms with Crippen molar-refractivity contribution in [3.63, 3.8) is 0 Å². The summed E-state index contributed by atoms with van der Waals surface area (Å²) >= 11 is 0. The van der Waals surface area contributed by atoms with Crippen LogP contribution in [0.4, 0.5) is 79.0 Å². The van der Waals surface area contributed by atoms with E-state index >= 15 is 0 Å². The van der Waals surface area contributed by atoms with E-state index in [0.717, 1.165) is 0 Å². The van der Waals surface area contributed by atoms with Crippen molar-refractivity contribution in [2.45, 2.75) is 87.0 Å². The summed E-state index contributed by atoms with van der Waals surface area (Å²) in [4.78, 5) is 12.1. The van der Waals surface area contributed by atoms with Crippen molar-refractivity contribution in [3.8, 4) is 0 Å². The molecule has 1 atom stereocenters. The summed E-state index contributed by atoms with van der Waals surface area (Å²) in [5, 5.41) is 9.40. The summed E-state index contributed by atoms with van der Waals surface area (Å²) in [6.07, 6.45) is -50.5. The highest BCUT2D eigenvalue weighted by molar-refractivity contribution is 5.73. The highest BCUT2D eigenvalue weighted by Gasteiger charge is 2.79. The van der Waals surface area contributed by atoms with Crippen LogP contribution in [0, 0.1) is 17.8 Å². The molecular formula is C19H18F18O4. The Morgan fingerprint density at radius 1 is 0.659 bits per heavy atom. The molecule has 0 aromatic carbocycles. The lowest BCUT2D eigenvalue weighted by molar-refractivity contribution is -0.399. The SMILES string of the molecule is CC(COC(C(F)(F)F)C(F)(F)F)C(=O)OC(C1CCC(C(O)(C(F)(F)F)C(F)(F)F)CC1)(C(F)(F)F)C(F)(F)F. The third-order valence-corrected chi connectivity index (χ3v) is 6.37. The smallest absolute Gasteiger partial charge is 0.437 e. The van der Waals surface area contributed by atoms with E-state index in [1.165, 1.54) is 0 Å². The molecular weight excluding hydrogens is 634 g/mol. The van der Waals surface area contributed by atoms with Crippen molar-refractivity contribution in [3.05, 3.63) is 0 Å². The van der Waals surface area contributed by atoms with Crippen LogP contribution in [0.3, 0.4) is 0 Å². The zero-order valence-electron chi connectivity index (χ0n) is 19.8. The molecule has 1 unspecified atom stereocenters. The summed E-state index contributed by atoms with van der Waals surface area (Å²) < 4.78 is 244. The number of aliphatic hydroxyl groups is 1. The van der Waals surface area contributed by atoms with E-state index in [1.807, 2.05) is 0 Å². The molecule has 1 aliphatic rings. The normalized spacial score (nSPS) is 21.7. The molecule has 41 heavy (non-hydrogen) atoms. The lowest BCUT2D eigenvalue weighted by Crippen LogP contribution is -2.66. The van der Waals surface area contributed by atoms with Gasteiger partial charge in [-0.25, -0.2) is 0 Å². The minimum absolute atomic E-state index is 0.229. The molecule has 1 N–H and O–H groups in total. The lowest BCUT2D eigenvalue weighted by Gasteiger charge is -2.47. The molecule has 0 amide bonds. The van der Waals surface area contributed by atoms with Gasteiger partial charge in [0.05, 0.1) is 12.5 Å². The van der Waals surface area contributed by atoms with Gasteiger partial charge in [0.2, 0.25) is 6.10 Å². The number of halogens is 18. The van der Waals surface area contributed by atoms with Gasteiger partial charge >= 0.3 is 48.6 Å². The second kappa shape index (κ2) is 11.3. The molecule has 1 aliphatic carbocycles. The van der Waals surface area contributed by atoms with Crippen LogP contribution in [0.25, 0.3) is 0 Å². The van der Waals surface area contributed by atoms with Gasteiger partial charge in [0.1, 0.15) is 0 Å². The topological polar surface area (TPSA) is 55.8 Å². The molecule has 1 rings (SSSR count). The Kier molecular flexibility index (Phi) is 10.3. The summed E-state index contributed by atoms with van der Waals surface area (Å²) in [5.74, 6) is -11.5. The number of hydrogen-bond acceptors (Lipinski definition) is 4. The van der Waals surface area contributed by atoms with E-state index in [4.69, 9.17) is 0 Å². The Labute approximate surface area is 216 Å². The van der Waals surface area contributed by atoms with Gasteiger partial charge in [-0.1, -0.05) is 0 Å². The first kappa shape index (κ1) is 37.2. The van der Waals surface area contributed by atoms with Gasteiger partial charge in [0.25, 0.3) is 5.60 Å². The predicted octanol–water partition coefficient (Wildman–Crippen LogP) is 7.20. The van der Waals surface area contributed by atoms with Crippen LogP contribution < -0.4 is 0 Å². The van der Waals surface area contributed by atoms with E-state index in [2.05, 4.69) is 9.47 Å². The number of rotatable bonds is 7. The zero-order chi connectivity index (χ0) is 32.8. The van der Waals surface area contributed by atoms with Gasteiger partial charge < -0.3 is 14.6 Å². The average Bonchev–Trinajstić information content (AvgIpc) is 2.71. The number of alkyl halides is 18. The van der Waals surface area contributed by atoms with Crippen LogP contribution in [0.5, 0.6) is 0 Å².